The molecule has 0 amide bonds. The summed E-state index contributed by atoms with van der Waals surface area (Å²) in [5.41, 5.74) is 2.02. The number of carbonyl (C=O) groups is 3. The van der Waals surface area contributed by atoms with E-state index >= 15 is 0 Å². The number of carboxylic acid groups (broad SMARTS) is 1. The molecule has 142 valence electrons. The van der Waals surface area contributed by atoms with E-state index in [4.69, 9.17) is 0 Å². The van der Waals surface area contributed by atoms with Crippen LogP contribution in [0.25, 0.3) is 0 Å². The van der Waals surface area contributed by atoms with E-state index < -0.39 is 5.97 Å². The van der Waals surface area contributed by atoms with Crippen LogP contribution in [0.1, 0.15) is 10.4 Å². The van der Waals surface area contributed by atoms with Crippen LogP contribution < -0.4 is 10.6 Å². The molecular formula is C21H16FeN2O4. The summed E-state index contributed by atoms with van der Waals surface area (Å²) in [5, 5.41) is 15.2. The Morgan fingerprint density at radius 2 is 1.29 bits per heavy atom. The third-order valence-corrected chi connectivity index (χ3v) is 3.87. The Morgan fingerprint density at radius 1 is 0.786 bits per heavy atom. The summed E-state index contributed by atoms with van der Waals surface area (Å²) in [7, 11) is 0. The number of hydrogen-bond acceptors (Lipinski definition) is 5. The molecule has 0 spiro atoms. The van der Waals surface area contributed by atoms with Gasteiger partial charge in [-0.1, -0.05) is 24.3 Å². The molecule has 0 heterocycles. The first kappa shape index (κ1) is 20.9. The third-order valence-electron chi connectivity index (χ3n) is 3.87. The van der Waals surface area contributed by atoms with Gasteiger partial charge in [-0.25, -0.2) is 4.79 Å². The number of anilines is 2. The van der Waals surface area contributed by atoms with Crippen molar-refractivity contribution in [1.29, 1.82) is 0 Å². The largest absolute Gasteiger partial charge is 0.478 e. The summed E-state index contributed by atoms with van der Waals surface area (Å²) < 4.78 is 0. The molecule has 0 saturated carbocycles. The zero-order valence-corrected chi connectivity index (χ0v) is 15.6. The van der Waals surface area contributed by atoms with Gasteiger partial charge in [0, 0.05) is 40.6 Å². The first-order chi connectivity index (χ1) is 13.0. The van der Waals surface area contributed by atoms with Crippen molar-refractivity contribution in [3.05, 3.63) is 95.9 Å². The van der Waals surface area contributed by atoms with Gasteiger partial charge >= 0.3 is 5.97 Å². The number of carboxylic acids is 1. The maximum Gasteiger partial charge on any atom is 0.335 e. The van der Waals surface area contributed by atoms with Crippen LogP contribution >= 0.6 is 0 Å². The van der Waals surface area contributed by atoms with E-state index in [1.807, 2.05) is 0 Å². The van der Waals surface area contributed by atoms with E-state index in [-0.39, 0.29) is 34.2 Å². The van der Waals surface area contributed by atoms with Gasteiger partial charge in [0.05, 0.1) is 16.9 Å². The molecule has 3 rings (SSSR count). The molecule has 0 radical (unpaired) electrons. The topological polar surface area (TPSA) is 95.5 Å². The van der Waals surface area contributed by atoms with Gasteiger partial charge in [-0.05, 0) is 42.5 Å². The molecule has 28 heavy (non-hydrogen) atoms. The number of nitrogens with one attached hydrogen (secondary N) is 2. The molecule has 3 N–H and O–H groups in total. The summed E-state index contributed by atoms with van der Waals surface area (Å²) in [4.78, 5) is 34.9. The van der Waals surface area contributed by atoms with Crippen molar-refractivity contribution in [1.82, 2.24) is 0 Å². The molecule has 0 aromatic heterocycles. The minimum atomic E-state index is -1.07. The minimum Gasteiger partial charge on any atom is -0.478 e. The molecule has 1 aromatic rings. The Morgan fingerprint density at radius 3 is 1.79 bits per heavy atom. The second-order valence-corrected chi connectivity index (χ2v) is 5.72. The number of aromatic carboxylic acids is 1. The normalized spacial score (nSPS) is 17.7. The SMILES string of the molecule is O=C1C=CC=C/C1=C/Nc1ccc(C(=O)O)cc1N/C=C1/C=CC=CC1=O.[Fe]. The molecule has 0 unspecified atom stereocenters. The fourth-order valence-electron chi connectivity index (χ4n) is 2.43. The zero-order chi connectivity index (χ0) is 19.2. The average molecular weight is 416 g/mol. The minimum absolute atomic E-state index is 0. The number of ketones is 2. The molecule has 2 aliphatic rings. The van der Waals surface area contributed by atoms with Crippen LogP contribution in [0.3, 0.4) is 0 Å². The Labute approximate surface area is 172 Å². The Balaban J connectivity index is 0.00000280. The maximum absolute atomic E-state index is 11.8. The van der Waals surface area contributed by atoms with E-state index in [1.54, 1.807) is 48.7 Å². The molecule has 1 aromatic carbocycles. The van der Waals surface area contributed by atoms with Crippen LogP contribution in [0.4, 0.5) is 11.4 Å². The van der Waals surface area contributed by atoms with Crippen LogP contribution in [-0.2, 0) is 26.7 Å². The molecule has 2 aliphatic carbocycles. The van der Waals surface area contributed by atoms with Gasteiger partial charge < -0.3 is 15.7 Å². The molecule has 6 nitrogen and oxygen atoms in total. The van der Waals surface area contributed by atoms with Crippen LogP contribution in [0.2, 0.25) is 0 Å². The van der Waals surface area contributed by atoms with Crippen LogP contribution in [0.15, 0.2) is 90.4 Å². The van der Waals surface area contributed by atoms with Crippen molar-refractivity contribution < 1.29 is 36.6 Å². The van der Waals surface area contributed by atoms with E-state index in [9.17, 15) is 19.5 Å². The van der Waals surface area contributed by atoms with Crippen molar-refractivity contribution >= 4 is 28.9 Å². The summed E-state index contributed by atoms with van der Waals surface area (Å²) in [6, 6.07) is 4.49. The van der Waals surface area contributed by atoms with Gasteiger partial charge in [-0.15, -0.1) is 0 Å². The van der Waals surface area contributed by atoms with Crippen molar-refractivity contribution in [2.75, 3.05) is 10.6 Å². The second kappa shape index (κ2) is 9.50. The summed E-state index contributed by atoms with van der Waals surface area (Å²) in [6.45, 7) is 0. The number of benzene rings is 1. The van der Waals surface area contributed by atoms with E-state index in [0.717, 1.165) is 0 Å². The smallest absolute Gasteiger partial charge is 0.335 e. The van der Waals surface area contributed by atoms with Crippen molar-refractivity contribution in [3.8, 4) is 0 Å². The summed E-state index contributed by atoms with van der Waals surface area (Å²) in [6.07, 6.45) is 16.1. The number of hydrogen-bond donors (Lipinski definition) is 3. The second-order valence-electron chi connectivity index (χ2n) is 5.72. The zero-order valence-electron chi connectivity index (χ0n) is 14.5. The Bertz CT molecular complexity index is 998. The number of rotatable bonds is 5. The molecule has 7 heteroatoms. The van der Waals surface area contributed by atoms with Gasteiger partial charge in [0.15, 0.2) is 11.6 Å². The van der Waals surface area contributed by atoms with Crippen LogP contribution in [0.5, 0.6) is 0 Å². The monoisotopic (exact) mass is 416 g/mol. The molecule has 0 fully saturated rings. The van der Waals surface area contributed by atoms with Crippen LogP contribution in [0, 0.1) is 0 Å². The Kier molecular flexibility index (Phi) is 7.09. The number of allylic oxidation sites excluding steroid dienone is 10. The Hall–Kier alpha value is -3.41. The average Bonchev–Trinajstić information content (AvgIpc) is 2.67. The maximum atomic E-state index is 11.8. The van der Waals surface area contributed by atoms with E-state index in [2.05, 4.69) is 10.6 Å². The fourth-order valence-corrected chi connectivity index (χ4v) is 2.43. The van der Waals surface area contributed by atoms with Crippen molar-refractivity contribution in [2.24, 2.45) is 0 Å². The molecular weight excluding hydrogens is 400 g/mol. The fraction of sp³-hybridized carbons (Fsp3) is 0. The van der Waals surface area contributed by atoms with Gasteiger partial charge in [-0.3, -0.25) is 9.59 Å². The molecule has 0 atom stereocenters. The predicted octanol–water partition coefficient (Wildman–Crippen LogP) is 3.36. The standard InChI is InChI=1S/C21H16N2O4.Fe/c24-19-7-3-1-5-15(19)12-22-17-10-9-14(21(26)27)11-18(17)23-13-16-6-2-4-8-20(16)25;/h1-13,22-23H,(H,26,27);/b15-12-,16-13-;. The molecule has 0 saturated heterocycles. The van der Waals surface area contributed by atoms with Gasteiger partial charge in [0.25, 0.3) is 0 Å². The first-order valence-electron chi connectivity index (χ1n) is 8.13. The summed E-state index contributed by atoms with van der Waals surface area (Å²) in [5.74, 6) is -1.35. The quantitative estimate of drug-likeness (QED) is 0.504. The summed E-state index contributed by atoms with van der Waals surface area (Å²) >= 11 is 0. The van der Waals surface area contributed by atoms with E-state index in [1.165, 1.54) is 30.5 Å². The van der Waals surface area contributed by atoms with Crippen molar-refractivity contribution in [3.63, 3.8) is 0 Å². The van der Waals surface area contributed by atoms with Crippen molar-refractivity contribution in [2.45, 2.75) is 0 Å². The first-order valence-corrected chi connectivity index (χ1v) is 8.13. The van der Waals surface area contributed by atoms with Crippen LogP contribution in [-0.4, -0.2) is 22.6 Å². The predicted molar refractivity (Wildman–Crippen MR) is 103 cm³/mol. The van der Waals surface area contributed by atoms with Gasteiger partial charge in [0.1, 0.15) is 0 Å². The third kappa shape index (κ3) is 5.07. The van der Waals surface area contributed by atoms with Gasteiger partial charge in [0.2, 0.25) is 0 Å². The number of carbonyl (C=O) groups excluding carboxylic acids is 2. The molecule has 0 bridgehead atoms. The molecule has 0 aliphatic heterocycles. The van der Waals surface area contributed by atoms with E-state index in [0.29, 0.717) is 22.5 Å². The van der Waals surface area contributed by atoms with Gasteiger partial charge in [-0.2, -0.15) is 0 Å².